The lowest BCUT2D eigenvalue weighted by atomic mass is 9.96. The van der Waals surface area contributed by atoms with E-state index in [1.807, 2.05) is 6.07 Å². The molecule has 1 aromatic carbocycles. The maximum Gasteiger partial charge on any atom is 0.191 e. The highest BCUT2D eigenvalue weighted by Crippen LogP contribution is 2.27. The van der Waals surface area contributed by atoms with E-state index in [1.165, 1.54) is 19.3 Å². The fourth-order valence-electron chi connectivity index (χ4n) is 2.83. The lowest BCUT2D eigenvalue weighted by molar-refractivity contribution is 0.119. The smallest absolute Gasteiger partial charge is 0.191 e. The third-order valence-corrected chi connectivity index (χ3v) is 4.42. The van der Waals surface area contributed by atoms with Gasteiger partial charge in [0.15, 0.2) is 5.96 Å². The van der Waals surface area contributed by atoms with Gasteiger partial charge in [-0.3, -0.25) is 0 Å². The van der Waals surface area contributed by atoms with E-state index in [2.05, 4.69) is 47.9 Å². The molecule has 3 rings (SSSR count). The fraction of sp³-hybridized carbons (Fsp3) is 0.526. The molecule has 1 saturated carbocycles. The van der Waals surface area contributed by atoms with Gasteiger partial charge in [-0.15, -0.1) is 0 Å². The highest BCUT2D eigenvalue weighted by molar-refractivity contribution is 5.80. The standard InChI is InChI=1S/C19H27N3O/c1-2-20-19(22-16-9-4-5-10-16)21-14-15-8-3-6-13-18(15)23-17-11-7-12-17/h3-6,8,13,16-17H,2,7,9-12,14H2,1H3,(H2,20,21,22). The number of guanidine groups is 1. The minimum Gasteiger partial charge on any atom is -0.490 e. The van der Waals surface area contributed by atoms with Crippen molar-refractivity contribution in [3.05, 3.63) is 42.0 Å². The SMILES string of the molecule is CCNC(=NCc1ccccc1OC1CCC1)NC1CC=CC1. The normalized spacial score (nSPS) is 18.7. The summed E-state index contributed by atoms with van der Waals surface area (Å²) in [6.07, 6.45) is 10.6. The van der Waals surface area contributed by atoms with Crippen molar-refractivity contribution in [1.82, 2.24) is 10.6 Å². The first-order chi connectivity index (χ1) is 11.3. The number of nitrogens with one attached hydrogen (secondary N) is 2. The number of benzene rings is 1. The average Bonchev–Trinajstić information content (AvgIpc) is 3.03. The van der Waals surface area contributed by atoms with Crippen LogP contribution in [-0.4, -0.2) is 24.7 Å². The molecule has 0 heterocycles. The molecule has 1 aromatic rings. The Balaban J connectivity index is 1.63. The van der Waals surface area contributed by atoms with Gasteiger partial charge in [0.05, 0.1) is 12.6 Å². The Morgan fingerprint density at radius 2 is 2.00 bits per heavy atom. The van der Waals surface area contributed by atoms with Gasteiger partial charge >= 0.3 is 0 Å². The highest BCUT2D eigenvalue weighted by Gasteiger charge is 2.20. The lowest BCUT2D eigenvalue weighted by Crippen LogP contribution is -2.42. The van der Waals surface area contributed by atoms with Gasteiger partial charge < -0.3 is 15.4 Å². The van der Waals surface area contributed by atoms with Gasteiger partial charge in [0.25, 0.3) is 0 Å². The largest absolute Gasteiger partial charge is 0.490 e. The summed E-state index contributed by atoms with van der Waals surface area (Å²) < 4.78 is 6.09. The molecule has 0 atom stereocenters. The molecule has 124 valence electrons. The first-order valence-electron chi connectivity index (χ1n) is 8.79. The van der Waals surface area contributed by atoms with E-state index < -0.39 is 0 Å². The molecule has 2 N–H and O–H groups in total. The van der Waals surface area contributed by atoms with Crippen molar-refractivity contribution < 1.29 is 4.74 Å². The highest BCUT2D eigenvalue weighted by atomic mass is 16.5. The zero-order valence-corrected chi connectivity index (χ0v) is 13.9. The number of nitrogens with zero attached hydrogens (tertiary/aromatic N) is 1. The fourth-order valence-corrected chi connectivity index (χ4v) is 2.83. The van der Waals surface area contributed by atoms with Gasteiger partial charge in [-0.25, -0.2) is 4.99 Å². The zero-order chi connectivity index (χ0) is 15.9. The van der Waals surface area contributed by atoms with Crippen LogP contribution in [0.25, 0.3) is 0 Å². The van der Waals surface area contributed by atoms with E-state index >= 15 is 0 Å². The first-order valence-corrected chi connectivity index (χ1v) is 8.79. The molecule has 4 nitrogen and oxygen atoms in total. The van der Waals surface area contributed by atoms with Crippen LogP contribution in [0.5, 0.6) is 5.75 Å². The maximum absolute atomic E-state index is 6.09. The van der Waals surface area contributed by atoms with Crippen LogP contribution in [0.2, 0.25) is 0 Å². The molecule has 0 aromatic heterocycles. The second-order valence-electron chi connectivity index (χ2n) is 6.26. The van der Waals surface area contributed by atoms with Crippen LogP contribution in [0.1, 0.15) is 44.6 Å². The van der Waals surface area contributed by atoms with Gasteiger partial charge in [-0.2, -0.15) is 0 Å². The number of rotatable bonds is 6. The molecule has 0 spiro atoms. The summed E-state index contributed by atoms with van der Waals surface area (Å²) in [5, 5.41) is 6.84. The van der Waals surface area contributed by atoms with E-state index in [-0.39, 0.29) is 0 Å². The summed E-state index contributed by atoms with van der Waals surface area (Å²) in [6, 6.07) is 8.73. The van der Waals surface area contributed by atoms with Gasteiger partial charge in [0.2, 0.25) is 0 Å². The van der Waals surface area contributed by atoms with Gasteiger partial charge in [-0.05, 0) is 45.1 Å². The molecule has 0 radical (unpaired) electrons. The second kappa shape index (κ2) is 8.04. The van der Waals surface area contributed by atoms with E-state index in [0.29, 0.717) is 18.7 Å². The van der Waals surface area contributed by atoms with Crippen molar-refractivity contribution in [2.45, 2.75) is 57.7 Å². The summed E-state index contributed by atoms with van der Waals surface area (Å²) in [4.78, 5) is 4.75. The minimum absolute atomic E-state index is 0.399. The van der Waals surface area contributed by atoms with Gasteiger partial charge in [-0.1, -0.05) is 30.4 Å². The quantitative estimate of drug-likeness (QED) is 0.481. The average molecular weight is 313 g/mol. The topological polar surface area (TPSA) is 45.7 Å². The number of para-hydroxylation sites is 1. The first kappa shape index (κ1) is 15.9. The molecule has 0 aliphatic heterocycles. The molecular formula is C19H27N3O. The number of hydrogen-bond donors (Lipinski definition) is 2. The van der Waals surface area contributed by atoms with Crippen molar-refractivity contribution in [2.75, 3.05) is 6.54 Å². The molecule has 2 aliphatic carbocycles. The van der Waals surface area contributed by atoms with E-state index in [1.54, 1.807) is 0 Å². The number of hydrogen-bond acceptors (Lipinski definition) is 2. The summed E-state index contributed by atoms with van der Waals surface area (Å²) in [5.74, 6) is 1.87. The Morgan fingerprint density at radius 1 is 1.22 bits per heavy atom. The molecule has 0 saturated heterocycles. The Kier molecular flexibility index (Phi) is 5.56. The van der Waals surface area contributed by atoms with Gasteiger partial charge in [0.1, 0.15) is 5.75 Å². The number of aliphatic imine (C=N–C) groups is 1. The summed E-state index contributed by atoms with van der Waals surface area (Å²) >= 11 is 0. The predicted octanol–water partition coefficient (Wildman–Crippen LogP) is 3.39. The Hall–Kier alpha value is -1.97. The third-order valence-electron chi connectivity index (χ3n) is 4.42. The summed E-state index contributed by atoms with van der Waals surface area (Å²) in [6.45, 7) is 3.60. The molecule has 1 fully saturated rings. The molecule has 0 unspecified atom stereocenters. The van der Waals surface area contributed by atoms with E-state index in [0.717, 1.165) is 36.7 Å². The Labute approximate surface area is 139 Å². The summed E-state index contributed by atoms with van der Waals surface area (Å²) in [7, 11) is 0. The third kappa shape index (κ3) is 4.50. The molecule has 4 heteroatoms. The Morgan fingerprint density at radius 3 is 2.70 bits per heavy atom. The minimum atomic E-state index is 0.399. The summed E-state index contributed by atoms with van der Waals surface area (Å²) in [5.41, 5.74) is 1.15. The molecule has 0 amide bonds. The predicted molar refractivity (Wildman–Crippen MR) is 94.8 cm³/mol. The maximum atomic E-state index is 6.09. The Bertz CT molecular complexity index is 555. The van der Waals surface area contributed by atoms with Crippen LogP contribution in [0.4, 0.5) is 0 Å². The van der Waals surface area contributed by atoms with Crippen LogP contribution in [-0.2, 0) is 6.54 Å². The van der Waals surface area contributed by atoms with E-state index in [9.17, 15) is 0 Å². The van der Waals surface area contributed by atoms with Crippen molar-refractivity contribution in [2.24, 2.45) is 4.99 Å². The van der Waals surface area contributed by atoms with Gasteiger partial charge in [0, 0.05) is 18.2 Å². The van der Waals surface area contributed by atoms with Crippen LogP contribution in [0.3, 0.4) is 0 Å². The molecule has 0 bridgehead atoms. The molecular weight excluding hydrogens is 286 g/mol. The van der Waals surface area contributed by atoms with Crippen molar-refractivity contribution in [3.8, 4) is 5.75 Å². The van der Waals surface area contributed by atoms with E-state index in [4.69, 9.17) is 9.73 Å². The van der Waals surface area contributed by atoms with Crippen molar-refractivity contribution >= 4 is 5.96 Å². The van der Waals surface area contributed by atoms with Crippen LogP contribution < -0.4 is 15.4 Å². The molecule has 23 heavy (non-hydrogen) atoms. The number of ether oxygens (including phenoxy) is 1. The molecule has 2 aliphatic rings. The second-order valence-corrected chi connectivity index (χ2v) is 6.26. The zero-order valence-electron chi connectivity index (χ0n) is 13.9. The van der Waals surface area contributed by atoms with Crippen LogP contribution >= 0.6 is 0 Å². The lowest BCUT2D eigenvalue weighted by Gasteiger charge is -2.27. The van der Waals surface area contributed by atoms with Crippen LogP contribution in [0.15, 0.2) is 41.4 Å². The van der Waals surface area contributed by atoms with Crippen molar-refractivity contribution in [1.29, 1.82) is 0 Å². The van der Waals surface area contributed by atoms with Crippen molar-refractivity contribution in [3.63, 3.8) is 0 Å². The monoisotopic (exact) mass is 313 g/mol. The van der Waals surface area contributed by atoms with Crippen LogP contribution in [0, 0.1) is 0 Å².